The Morgan fingerprint density at radius 1 is 1.32 bits per heavy atom. The summed E-state index contributed by atoms with van der Waals surface area (Å²) in [6.07, 6.45) is 4.37. The molecule has 1 amide bonds. The average molecular weight is 264 g/mol. The number of hydrogen-bond donors (Lipinski definition) is 2. The van der Waals surface area contributed by atoms with E-state index >= 15 is 0 Å². The first-order valence-electron chi connectivity index (χ1n) is 6.32. The molecule has 2 heterocycles. The molecule has 2 rings (SSSR count). The lowest BCUT2D eigenvalue weighted by Crippen LogP contribution is -2.44. The third-order valence-electron chi connectivity index (χ3n) is 3.32. The van der Waals surface area contributed by atoms with Crippen molar-refractivity contribution in [1.82, 2.24) is 9.88 Å². The standard InChI is InChI=1S/C13H16N2O4/c16-11-8-9(5-6-14-11)12(17)15-7-3-1-2-4-10(15)13(18)19/h5-6,8,10H,1-4,7H2,(H,14,16)(H,18,19). The Labute approximate surface area is 110 Å². The molecule has 1 aromatic heterocycles. The second-order valence-electron chi connectivity index (χ2n) is 4.64. The number of rotatable bonds is 2. The van der Waals surface area contributed by atoms with E-state index in [-0.39, 0.29) is 17.0 Å². The quantitative estimate of drug-likeness (QED) is 0.828. The minimum atomic E-state index is -0.986. The number of hydrogen-bond acceptors (Lipinski definition) is 3. The molecule has 1 atom stereocenters. The molecule has 1 fully saturated rings. The van der Waals surface area contributed by atoms with Crippen LogP contribution in [0.4, 0.5) is 0 Å². The number of carbonyl (C=O) groups excluding carboxylic acids is 1. The highest BCUT2D eigenvalue weighted by atomic mass is 16.4. The zero-order valence-corrected chi connectivity index (χ0v) is 10.5. The van der Waals surface area contributed by atoms with Crippen molar-refractivity contribution >= 4 is 11.9 Å². The molecule has 102 valence electrons. The molecule has 0 spiro atoms. The number of likely N-dealkylation sites (tertiary alicyclic amines) is 1. The third-order valence-corrected chi connectivity index (χ3v) is 3.32. The summed E-state index contributed by atoms with van der Waals surface area (Å²) in [5.74, 6) is -1.37. The molecule has 0 bridgehead atoms. The van der Waals surface area contributed by atoms with Crippen molar-refractivity contribution in [2.24, 2.45) is 0 Å². The highest BCUT2D eigenvalue weighted by molar-refractivity contribution is 5.96. The van der Waals surface area contributed by atoms with Gasteiger partial charge in [-0.1, -0.05) is 12.8 Å². The van der Waals surface area contributed by atoms with Crippen LogP contribution < -0.4 is 5.56 Å². The molecule has 1 aliphatic rings. The molecule has 1 saturated heterocycles. The number of aliphatic carboxylic acids is 1. The van der Waals surface area contributed by atoms with E-state index in [0.717, 1.165) is 19.3 Å². The van der Waals surface area contributed by atoms with Gasteiger partial charge in [0.05, 0.1) is 0 Å². The Balaban J connectivity index is 2.28. The van der Waals surface area contributed by atoms with Crippen molar-refractivity contribution in [3.8, 4) is 0 Å². The predicted octanol–water partition coefficient (Wildman–Crippen LogP) is 0.844. The summed E-state index contributed by atoms with van der Waals surface area (Å²) in [5.41, 5.74) is -0.135. The lowest BCUT2D eigenvalue weighted by atomic mass is 10.1. The van der Waals surface area contributed by atoms with Crippen LogP contribution in [0.25, 0.3) is 0 Å². The van der Waals surface area contributed by atoms with Crippen molar-refractivity contribution < 1.29 is 14.7 Å². The van der Waals surface area contributed by atoms with Crippen LogP contribution in [0.5, 0.6) is 0 Å². The van der Waals surface area contributed by atoms with Crippen molar-refractivity contribution in [2.75, 3.05) is 6.54 Å². The number of aromatic amines is 1. The highest BCUT2D eigenvalue weighted by Crippen LogP contribution is 2.19. The molecular weight excluding hydrogens is 248 g/mol. The van der Waals surface area contributed by atoms with Gasteiger partial charge in [-0.05, 0) is 18.9 Å². The van der Waals surface area contributed by atoms with Crippen molar-refractivity contribution in [1.29, 1.82) is 0 Å². The van der Waals surface area contributed by atoms with Crippen molar-refractivity contribution in [3.63, 3.8) is 0 Å². The number of carbonyl (C=O) groups is 2. The number of amides is 1. The molecular formula is C13H16N2O4. The largest absolute Gasteiger partial charge is 0.480 e. The van der Waals surface area contributed by atoms with Crippen LogP contribution in [-0.4, -0.2) is 39.5 Å². The van der Waals surface area contributed by atoms with Gasteiger partial charge >= 0.3 is 5.97 Å². The van der Waals surface area contributed by atoms with E-state index in [4.69, 9.17) is 0 Å². The van der Waals surface area contributed by atoms with Gasteiger partial charge in [0.1, 0.15) is 6.04 Å². The van der Waals surface area contributed by atoms with Gasteiger partial charge in [0, 0.05) is 24.4 Å². The van der Waals surface area contributed by atoms with Crippen LogP contribution in [-0.2, 0) is 4.79 Å². The Morgan fingerprint density at radius 3 is 2.79 bits per heavy atom. The number of nitrogens with zero attached hydrogens (tertiary/aromatic N) is 1. The summed E-state index contributed by atoms with van der Waals surface area (Å²) in [5, 5.41) is 9.22. The van der Waals surface area contributed by atoms with Gasteiger partial charge in [0.15, 0.2) is 0 Å². The van der Waals surface area contributed by atoms with Gasteiger partial charge in [-0.15, -0.1) is 0 Å². The lowest BCUT2D eigenvalue weighted by Gasteiger charge is -2.26. The number of carboxylic acids is 1. The Bertz CT molecular complexity index is 537. The molecule has 0 aliphatic carbocycles. The first kappa shape index (κ1) is 13.3. The Hall–Kier alpha value is -2.11. The topological polar surface area (TPSA) is 90.5 Å². The van der Waals surface area contributed by atoms with Crippen LogP contribution in [0.1, 0.15) is 36.0 Å². The summed E-state index contributed by atoms with van der Waals surface area (Å²) < 4.78 is 0. The van der Waals surface area contributed by atoms with Gasteiger partial charge in [-0.25, -0.2) is 4.79 Å². The fraction of sp³-hybridized carbons (Fsp3) is 0.462. The van der Waals surface area contributed by atoms with Gasteiger partial charge in [0.25, 0.3) is 5.91 Å². The number of H-pyrrole nitrogens is 1. The van der Waals surface area contributed by atoms with Gasteiger partial charge in [-0.2, -0.15) is 0 Å². The van der Waals surface area contributed by atoms with E-state index in [1.54, 1.807) is 0 Å². The van der Waals surface area contributed by atoms with Crippen LogP contribution >= 0.6 is 0 Å². The van der Waals surface area contributed by atoms with Gasteiger partial charge in [0.2, 0.25) is 5.56 Å². The van der Waals surface area contributed by atoms with Crippen molar-refractivity contribution in [2.45, 2.75) is 31.7 Å². The number of carboxylic acid groups (broad SMARTS) is 1. The smallest absolute Gasteiger partial charge is 0.326 e. The summed E-state index contributed by atoms with van der Waals surface area (Å²) in [6, 6.07) is 1.90. The van der Waals surface area contributed by atoms with E-state index in [1.165, 1.54) is 23.2 Å². The van der Waals surface area contributed by atoms with E-state index in [1.807, 2.05) is 0 Å². The Kier molecular flexibility index (Phi) is 3.99. The maximum absolute atomic E-state index is 12.3. The molecule has 1 aromatic rings. The normalized spacial score (nSPS) is 19.8. The monoisotopic (exact) mass is 264 g/mol. The number of pyridine rings is 1. The maximum atomic E-state index is 12.3. The van der Waals surface area contributed by atoms with Gasteiger partial charge < -0.3 is 15.0 Å². The molecule has 19 heavy (non-hydrogen) atoms. The third kappa shape index (κ3) is 3.01. The number of nitrogens with one attached hydrogen (secondary N) is 1. The maximum Gasteiger partial charge on any atom is 0.326 e. The molecule has 6 heteroatoms. The molecule has 2 N–H and O–H groups in total. The van der Waals surface area contributed by atoms with Crippen LogP contribution in [0.3, 0.4) is 0 Å². The van der Waals surface area contributed by atoms with Crippen LogP contribution in [0.2, 0.25) is 0 Å². The first-order chi connectivity index (χ1) is 9.09. The van der Waals surface area contributed by atoms with Crippen LogP contribution in [0, 0.1) is 0 Å². The van der Waals surface area contributed by atoms with E-state index < -0.39 is 12.0 Å². The summed E-state index contributed by atoms with van der Waals surface area (Å²) in [6.45, 7) is 0.419. The molecule has 1 unspecified atom stereocenters. The minimum Gasteiger partial charge on any atom is -0.480 e. The molecule has 0 saturated carbocycles. The van der Waals surface area contributed by atoms with Crippen molar-refractivity contribution in [3.05, 3.63) is 34.2 Å². The molecule has 1 aliphatic heterocycles. The Morgan fingerprint density at radius 2 is 2.11 bits per heavy atom. The average Bonchev–Trinajstić information content (AvgIpc) is 2.63. The predicted molar refractivity (Wildman–Crippen MR) is 68.0 cm³/mol. The minimum absolute atomic E-state index is 0.233. The van der Waals surface area contributed by atoms with E-state index in [9.17, 15) is 19.5 Å². The summed E-state index contributed by atoms with van der Waals surface area (Å²) in [4.78, 5) is 38.6. The second-order valence-corrected chi connectivity index (χ2v) is 4.64. The molecule has 6 nitrogen and oxygen atoms in total. The zero-order chi connectivity index (χ0) is 13.8. The fourth-order valence-electron chi connectivity index (χ4n) is 2.35. The SMILES string of the molecule is O=C(O)C1CCCCCN1C(=O)c1cc[nH]c(=O)c1. The second kappa shape index (κ2) is 5.69. The first-order valence-corrected chi connectivity index (χ1v) is 6.32. The zero-order valence-electron chi connectivity index (χ0n) is 10.5. The van der Waals surface area contributed by atoms with Crippen LogP contribution in [0.15, 0.2) is 23.1 Å². The molecule has 0 aromatic carbocycles. The van der Waals surface area contributed by atoms with E-state index in [2.05, 4.69) is 4.98 Å². The number of aromatic nitrogens is 1. The molecule has 0 radical (unpaired) electrons. The summed E-state index contributed by atoms with van der Waals surface area (Å²) in [7, 11) is 0. The fourth-order valence-corrected chi connectivity index (χ4v) is 2.35. The lowest BCUT2D eigenvalue weighted by molar-refractivity contribution is -0.142. The highest BCUT2D eigenvalue weighted by Gasteiger charge is 2.31. The van der Waals surface area contributed by atoms with E-state index in [0.29, 0.717) is 13.0 Å². The summed E-state index contributed by atoms with van der Waals surface area (Å²) >= 11 is 0. The van der Waals surface area contributed by atoms with Gasteiger partial charge in [-0.3, -0.25) is 9.59 Å².